The van der Waals surface area contributed by atoms with Crippen molar-refractivity contribution in [3.63, 3.8) is 0 Å². The molecule has 1 saturated heterocycles. The first kappa shape index (κ1) is 26.9. The number of amides is 1. The Morgan fingerprint density at radius 1 is 1.03 bits per heavy atom. The van der Waals surface area contributed by atoms with Crippen LogP contribution in [0.2, 0.25) is 10.0 Å². The van der Waals surface area contributed by atoms with Gasteiger partial charge in [0.2, 0.25) is 0 Å². The fraction of sp³-hybridized carbons (Fsp3) is 0.310. The second-order valence-corrected chi connectivity index (χ2v) is 11.5. The first-order valence-corrected chi connectivity index (χ1v) is 14.6. The Morgan fingerprint density at radius 3 is 2.42 bits per heavy atom. The summed E-state index contributed by atoms with van der Waals surface area (Å²) in [7, 11) is 0. The second kappa shape index (κ2) is 12.0. The molecule has 1 aliphatic heterocycles. The smallest absolute Gasteiger partial charge is 0.413 e. The van der Waals surface area contributed by atoms with Gasteiger partial charge >= 0.3 is 6.09 Å². The third-order valence-electron chi connectivity index (χ3n) is 6.62. The van der Waals surface area contributed by atoms with E-state index in [1.165, 1.54) is 17.1 Å². The van der Waals surface area contributed by atoms with Crippen molar-refractivity contribution in [2.75, 3.05) is 29.9 Å². The van der Waals surface area contributed by atoms with Gasteiger partial charge in [-0.15, -0.1) is 0 Å². The van der Waals surface area contributed by atoms with Crippen LogP contribution in [0.5, 0.6) is 0 Å². The van der Waals surface area contributed by atoms with Gasteiger partial charge in [0.05, 0.1) is 5.69 Å². The van der Waals surface area contributed by atoms with Crippen molar-refractivity contribution in [3.05, 3.63) is 87.2 Å². The number of ether oxygens (including phenoxy) is 1. The normalized spacial score (nSPS) is 14.1. The van der Waals surface area contributed by atoms with Crippen LogP contribution < -0.4 is 5.32 Å². The molecule has 0 spiro atoms. The maximum atomic E-state index is 12.8. The zero-order valence-corrected chi connectivity index (χ0v) is 23.8. The molecule has 1 amide bonds. The number of anilines is 1. The third kappa shape index (κ3) is 6.29. The number of nitrogens with one attached hydrogen (secondary N) is 1. The molecule has 0 bridgehead atoms. The van der Waals surface area contributed by atoms with Crippen LogP contribution in [-0.2, 0) is 24.3 Å². The molecular formula is C29H30Cl2N4O2S. The Bertz CT molecular complexity index is 1430. The van der Waals surface area contributed by atoms with E-state index in [1.54, 1.807) is 18.2 Å². The van der Waals surface area contributed by atoms with Crippen LogP contribution in [0.25, 0.3) is 16.8 Å². The fourth-order valence-electron chi connectivity index (χ4n) is 4.69. The average molecular weight is 570 g/mol. The van der Waals surface area contributed by atoms with Gasteiger partial charge in [0, 0.05) is 47.4 Å². The molecule has 1 aliphatic rings. The SMILES string of the molecule is CCc1nc2c(C)cc(-c3ccc(CN4CCSCC4)cc3)cn2c1NC(=O)OCc1cc(Cl)cc(Cl)c1. The lowest BCUT2D eigenvalue weighted by Gasteiger charge is -2.26. The first-order chi connectivity index (χ1) is 18.4. The minimum Gasteiger partial charge on any atom is -0.444 e. The number of hydrogen-bond donors (Lipinski definition) is 1. The van der Waals surface area contributed by atoms with Gasteiger partial charge in [0.1, 0.15) is 18.1 Å². The molecule has 0 radical (unpaired) electrons. The number of fused-ring (bicyclic) bond motifs is 1. The number of carbonyl (C=O) groups excluding carboxylic acids is 1. The summed E-state index contributed by atoms with van der Waals surface area (Å²) in [5.41, 5.74) is 6.84. The van der Waals surface area contributed by atoms with Gasteiger partial charge in [-0.1, -0.05) is 54.4 Å². The summed E-state index contributed by atoms with van der Waals surface area (Å²) in [4.78, 5) is 20.1. The molecule has 0 atom stereocenters. The van der Waals surface area contributed by atoms with Crippen LogP contribution in [0, 0.1) is 6.92 Å². The van der Waals surface area contributed by atoms with Gasteiger partial charge < -0.3 is 4.74 Å². The Hall–Kier alpha value is -2.71. The van der Waals surface area contributed by atoms with Gasteiger partial charge in [-0.3, -0.25) is 14.6 Å². The summed E-state index contributed by atoms with van der Waals surface area (Å²) < 4.78 is 7.41. The molecular weight excluding hydrogens is 539 g/mol. The highest BCUT2D eigenvalue weighted by Crippen LogP contribution is 2.28. The zero-order valence-electron chi connectivity index (χ0n) is 21.5. The summed E-state index contributed by atoms with van der Waals surface area (Å²) in [6.07, 6.45) is 2.12. The summed E-state index contributed by atoms with van der Waals surface area (Å²) >= 11 is 14.2. The van der Waals surface area contributed by atoms with Crippen molar-refractivity contribution in [2.24, 2.45) is 0 Å². The summed E-state index contributed by atoms with van der Waals surface area (Å²) in [5, 5.41) is 3.90. The van der Waals surface area contributed by atoms with Crippen molar-refractivity contribution in [3.8, 4) is 11.1 Å². The predicted molar refractivity (Wildman–Crippen MR) is 158 cm³/mol. The van der Waals surface area contributed by atoms with Gasteiger partial charge in [0.25, 0.3) is 0 Å². The van der Waals surface area contributed by atoms with Crippen molar-refractivity contribution >= 4 is 52.5 Å². The van der Waals surface area contributed by atoms with Crippen LogP contribution in [0.1, 0.15) is 29.3 Å². The number of rotatable bonds is 7. The van der Waals surface area contributed by atoms with Crippen molar-refractivity contribution in [1.82, 2.24) is 14.3 Å². The zero-order chi connectivity index (χ0) is 26.6. The standard InChI is InChI=1S/C29H30Cl2N4O2S/c1-3-26-28(33-29(36)37-18-21-13-24(30)15-25(31)14-21)35-17-23(12-19(2)27(35)32-26)22-6-4-20(5-7-22)16-34-8-10-38-11-9-34/h4-7,12-15,17H,3,8-11,16,18H2,1-2H3,(H,33,36). The minimum absolute atomic E-state index is 0.0528. The average Bonchev–Trinajstić information content (AvgIpc) is 3.26. The lowest BCUT2D eigenvalue weighted by atomic mass is 10.0. The number of thioether (sulfide) groups is 1. The van der Waals surface area contributed by atoms with Crippen LogP contribution in [0.3, 0.4) is 0 Å². The van der Waals surface area contributed by atoms with E-state index in [-0.39, 0.29) is 6.61 Å². The van der Waals surface area contributed by atoms with E-state index in [9.17, 15) is 4.79 Å². The molecule has 198 valence electrons. The maximum absolute atomic E-state index is 12.8. The van der Waals surface area contributed by atoms with E-state index in [1.807, 2.05) is 36.2 Å². The fourth-order valence-corrected chi connectivity index (χ4v) is 6.24. The topological polar surface area (TPSA) is 58.9 Å². The van der Waals surface area contributed by atoms with E-state index >= 15 is 0 Å². The molecule has 4 aromatic rings. The highest BCUT2D eigenvalue weighted by Gasteiger charge is 2.17. The predicted octanol–water partition coefficient (Wildman–Crippen LogP) is 7.48. The van der Waals surface area contributed by atoms with Gasteiger partial charge in [-0.25, -0.2) is 9.78 Å². The molecule has 3 heterocycles. The highest BCUT2D eigenvalue weighted by atomic mass is 35.5. The molecule has 0 unspecified atom stereocenters. The Morgan fingerprint density at radius 2 is 1.74 bits per heavy atom. The second-order valence-electron chi connectivity index (χ2n) is 9.43. The highest BCUT2D eigenvalue weighted by molar-refractivity contribution is 7.99. The molecule has 2 aromatic carbocycles. The molecule has 1 N–H and O–H groups in total. The van der Waals surface area contributed by atoms with Gasteiger partial charge in [-0.05, 0) is 65.4 Å². The first-order valence-electron chi connectivity index (χ1n) is 12.7. The number of carbonyl (C=O) groups is 1. The number of benzene rings is 2. The number of aryl methyl sites for hydroxylation is 2. The molecule has 9 heteroatoms. The number of nitrogens with zero attached hydrogens (tertiary/aromatic N) is 3. The maximum Gasteiger partial charge on any atom is 0.413 e. The van der Waals surface area contributed by atoms with E-state index in [2.05, 4.69) is 40.5 Å². The number of pyridine rings is 1. The van der Waals surface area contributed by atoms with Crippen LogP contribution in [-0.4, -0.2) is 45.0 Å². The van der Waals surface area contributed by atoms with Crippen LogP contribution in [0.4, 0.5) is 10.6 Å². The number of imidazole rings is 1. The van der Waals surface area contributed by atoms with E-state index in [0.717, 1.165) is 47.7 Å². The Kier molecular flexibility index (Phi) is 8.48. The van der Waals surface area contributed by atoms with E-state index in [4.69, 9.17) is 32.9 Å². The number of hydrogen-bond acceptors (Lipinski definition) is 5. The number of halogens is 2. The van der Waals surface area contributed by atoms with Gasteiger partial charge in [-0.2, -0.15) is 11.8 Å². The number of aromatic nitrogens is 2. The third-order valence-corrected chi connectivity index (χ3v) is 8.00. The quantitative estimate of drug-likeness (QED) is 0.250. The lowest BCUT2D eigenvalue weighted by molar-refractivity contribution is 0.155. The Labute approximate surface area is 237 Å². The largest absolute Gasteiger partial charge is 0.444 e. The molecule has 6 nitrogen and oxygen atoms in total. The lowest BCUT2D eigenvalue weighted by Crippen LogP contribution is -2.31. The minimum atomic E-state index is -0.568. The Balaban J connectivity index is 1.36. The van der Waals surface area contributed by atoms with Crippen molar-refractivity contribution < 1.29 is 9.53 Å². The molecule has 2 aromatic heterocycles. The molecule has 5 rings (SSSR count). The summed E-state index contributed by atoms with van der Waals surface area (Å²) in [5.74, 6) is 3.03. The van der Waals surface area contributed by atoms with Crippen LogP contribution in [0.15, 0.2) is 54.7 Å². The molecule has 38 heavy (non-hydrogen) atoms. The molecule has 1 fully saturated rings. The molecule has 0 aliphatic carbocycles. The van der Waals surface area contributed by atoms with Crippen LogP contribution >= 0.6 is 35.0 Å². The monoisotopic (exact) mass is 568 g/mol. The summed E-state index contributed by atoms with van der Waals surface area (Å²) in [6.45, 7) is 7.39. The van der Waals surface area contributed by atoms with Crippen molar-refractivity contribution in [2.45, 2.75) is 33.4 Å². The summed E-state index contributed by atoms with van der Waals surface area (Å²) in [6, 6.07) is 16.0. The van der Waals surface area contributed by atoms with Crippen molar-refractivity contribution in [1.29, 1.82) is 0 Å². The van der Waals surface area contributed by atoms with E-state index in [0.29, 0.717) is 27.8 Å². The van der Waals surface area contributed by atoms with Gasteiger partial charge in [0.15, 0.2) is 0 Å². The molecule has 0 saturated carbocycles. The van der Waals surface area contributed by atoms with E-state index < -0.39 is 6.09 Å².